The van der Waals surface area contributed by atoms with Crippen molar-refractivity contribution in [3.63, 3.8) is 0 Å². The first kappa shape index (κ1) is 14.6. The summed E-state index contributed by atoms with van der Waals surface area (Å²) >= 11 is 5.87. The van der Waals surface area contributed by atoms with Crippen molar-refractivity contribution < 1.29 is 9.53 Å². The summed E-state index contributed by atoms with van der Waals surface area (Å²) in [6, 6.07) is 8.75. The summed E-state index contributed by atoms with van der Waals surface area (Å²) in [6.45, 7) is 0.380. The highest BCUT2D eigenvalue weighted by Gasteiger charge is 2.17. The van der Waals surface area contributed by atoms with E-state index in [0.717, 1.165) is 5.56 Å². The maximum atomic E-state index is 12.2. The van der Waals surface area contributed by atoms with Crippen molar-refractivity contribution in [2.45, 2.75) is 6.04 Å². The van der Waals surface area contributed by atoms with E-state index in [2.05, 4.69) is 10.4 Å². The van der Waals surface area contributed by atoms with Gasteiger partial charge in [0.25, 0.3) is 5.91 Å². The second kappa shape index (κ2) is 6.54. The van der Waals surface area contributed by atoms with Crippen LogP contribution in [0.25, 0.3) is 0 Å². The first-order valence-electron chi connectivity index (χ1n) is 6.15. The van der Waals surface area contributed by atoms with Crippen LogP contribution in [0.3, 0.4) is 0 Å². The molecule has 0 spiro atoms. The SMILES string of the molecule is COC[C@H](NC(=O)c1ccnn1C)c1ccc(Cl)cc1. The Bertz CT molecular complexity index is 580. The Balaban J connectivity index is 2.15. The summed E-state index contributed by atoms with van der Waals surface area (Å²) in [6.07, 6.45) is 1.59. The van der Waals surface area contributed by atoms with Gasteiger partial charge in [-0.3, -0.25) is 9.48 Å². The zero-order chi connectivity index (χ0) is 14.5. The highest BCUT2D eigenvalue weighted by molar-refractivity contribution is 6.30. The second-order valence-corrected chi connectivity index (χ2v) is 4.81. The highest BCUT2D eigenvalue weighted by atomic mass is 35.5. The van der Waals surface area contributed by atoms with E-state index >= 15 is 0 Å². The van der Waals surface area contributed by atoms with Crippen molar-refractivity contribution in [3.8, 4) is 0 Å². The fourth-order valence-electron chi connectivity index (χ4n) is 1.91. The molecule has 0 aliphatic heterocycles. The Labute approximate surface area is 122 Å². The number of nitrogens with one attached hydrogen (secondary N) is 1. The van der Waals surface area contributed by atoms with Crippen LogP contribution in [0, 0.1) is 0 Å². The van der Waals surface area contributed by atoms with Crippen LogP contribution >= 0.6 is 11.6 Å². The molecular formula is C14H16ClN3O2. The molecule has 0 fully saturated rings. The standard InChI is InChI=1S/C14H16ClN3O2/c1-18-13(7-8-16-18)14(19)17-12(9-20-2)10-3-5-11(15)6-4-10/h3-8,12H,9H2,1-2H3,(H,17,19)/t12-/m0/s1. The number of carbonyl (C=O) groups excluding carboxylic acids is 1. The van der Waals surface area contributed by atoms with Crippen LogP contribution in [0.1, 0.15) is 22.1 Å². The zero-order valence-corrected chi connectivity index (χ0v) is 12.1. The van der Waals surface area contributed by atoms with Gasteiger partial charge in [0.05, 0.1) is 12.6 Å². The van der Waals surface area contributed by atoms with Gasteiger partial charge in [0.2, 0.25) is 0 Å². The topological polar surface area (TPSA) is 56.1 Å². The lowest BCUT2D eigenvalue weighted by Crippen LogP contribution is -2.32. The fraction of sp³-hybridized carbons (Fsp3) is 0.286. The third kappa shape index (κ3) is 3.37. The molecule has 1 aromatic carbocycles. The summed E-state index contributed by atoms with van der Waals surface area (Å²) in [5.41, 5.74) is 1.44. The molecule has 2 aromatic rings. The number of hydrogen-bond acceptors (Lipinski definition) is 3. The quantitative estimate of drug-likeness (QED) is 0.919. The Morgan fingerprint density at radius 1 is 1.40 bits per heavy atom. The predicted molar refractivity (Wildman–Crippen MR) is 76.7 cm³/mol. The third-order valence-corrected chi connectivity index (χ3v) is 3.22. The number of halogens is 1. The number of aromatic nitrogens is 2. The van der Waals surface area contributed by atoms with Gasteiger partial charge in [-0.05, 0) is 23.8 Å². The van der Waals surface area contributed by atoms with Gasteiger partial charge >= 0.3 is 0 Å². The molecule has 6 heteroatoms. The average Bonchev–Trinajstić information content (AvgIpc) is 2.85. The van der Waals surface area contributed by atoms with Crippen LogP contribution in [0.15, 0.2) is 36.5 Å². The number of methoxy groups -OCH3 is 1. The van der Waals surface area contributed by atoms with Crippen LogP contribution in [0.5, 0.6) is 0 Å². The van der Waals surface area contributed by atoms with Crippen LogP contribution in [0.2, 0.25) is 5.02 Å². The smallest absolute Gasteiger partial charge is 0.270 e. The number of nitrogens with zero attached hydrogens (tertiary/aromatic N) is 2. The van der Waals surface area contributed by atoms with Gasteiger partial charge in [-0.2, -0.15) is 5.10 Å². The molecule has 0 aliphatic carbocycles. The number of ether oxygens (including phenoxy) is 1. The first-order chi connectivity index (χ1) is 9.61. The van der Waals surface area contributed by atoms with Crippen molar-refractivity contribution in [1.29, 1.82) is 0 Å². The van der Waals surface area contributed by atoms with Gasteiger partial charge < -0.3 is 10.1 Å². The van der Waals surface area contributed by atoms with E-state index in [1.54, 1.807) is 38.6 Å². The predicted octanol–water partition coefficient (Wildman–Crippen LogP) is 2.19. The Morgan fingerprint density at radius 3 is 2.65 bits per heavy atom. The lowest BCUT2D eigenvalue weighted by molar-refractivity contribution is 0.0887. The van der Waals surface area contributed by atoms with Crippen LogP contribution < -0.4 is 5.32 Å². The average molecular weight is 294 g/mol. The molecule has 5 nitrogen and oxygen atoms in total. The molecule has 0 bridgehead atoms. The Hall–Kier alpha value is -1.85. The first-order valence-corrected chi connectivity index (χ1v) is 6.53. The van der Waals surface area contributed by atoms with Crippen LogP contribution in [0.4, 0.5) is 0 Å². The summed E-state index contributed by atoms with van der Waals surface area (Å²) in [5, 5.41) is 7.57. The molecule has 0 unspecified atom stereocenters. The molecule has 106 valence electrons. The van der Waals surface area contributed by atoms with E-state index in [9.17, 15) is 4.79 Å². The second-order valence-electron chi connectivity index (χ2n) is 4.37. The minimum absolute atomic E-state index is 0.193. The molecule has 2 rings (SSSR count). The minimum Gasteiger partial charge on any atom is -0.382 e. The van der Waals surface area contributed by atoms with E-state index in [0.29, 0.717) is 17.3 Å². The summed E-state index contributed by atoms with van der Waals surface area (Å²) < 4.78 is 6.70. The number of amides is 1. The van der Waals surface area contributed by atoms with Crippen molar-refractivity contribution >= 4 is 17.5 Å². The molecule has 0 saturated heterocycles. The molecule has 1 atom stereocenters. The number of hydrogen-bond donors (Lipinski definition) is 1. The highest BCUT2D eigenvalue weighted by Crippen LogP contribution is 2.17. The summed E-state index contributed by atoms with van der Waals surface area (Å²) in [5.74, 6) is -0.193. The van der Waals surface area contributed by atoms with E-state index in [1.807, 2.05) is 12.1 Å². The largest absolute Gasteiger partial charge is 0.382 e. The molecule has 20 heavy (non-hydrogen) atoms. The Morgan fingerprint density at radius 2 is 2.10 bits per heavy atom. The summed E-state index contributed by atoms with van der Waals surface area (Å²) in [4.78, 5) is 12.2. The number of aryl methyl sites for hydroxylation is 1. The lowest BCUT2D eigenvalue weighted by Gasteiger charge is -2.18. The van der Waals surface area contributed by atoms with Crippen molar-refractivity contribution in [1.82, 2.24) is 15.1 Å². The monoisotopic (exact) mass is 293 g/mol. The van der Waals surface area contributed by atoms with E-state index in [4.69, 9.17) is 16.3 Å². The van der Waals surface area contributed by atoms with Gasteiger partial charge in [-0.1, -0.05) is 23.7 Å². The lowest BCUT2D eigenvalue weighted by atomic mass is 10.1. The van der Waals surface area contributed by atoms with Crippen molar-refractivity contribution in [3.05, 3.63) is 52.8 Å². The molecule has 1 amide bonds. The van der Waals surface area contributed by atoms with Gasteiger partial charge in [0.15, 0.2) is 0 Å². The van der Waals surface area contributed by atoms with Crippen molar-refractivity contribution in [2.24, 2.45) is 7.05 Å². The number of carbonyl (C=O) groups is 1. The molecule has 0 saturated carbocycles. The van der Waals surface area contributed by atoms with Crippen molar-refractivity contribution in [2.75, 3.05) is 13.7 Å². The van der Waals surface area contributed by atoms with E-state index in [-0.39, 0.29) is 11.9 Å². The van der Waals surface area contributed by atoms with E-state index in [1.165, 1.54) is 4.68 Å². The molecular weight excluding hydrogens is 278 g/mol. The molecule has 1 N–H and O–H groups in total. The van der Waals surface area contributed by atoms with Gasteiger partial charge in [0, 0.05) is 25.4 Å². The molecule has 0 aliphatic rings. The Kier molecular flexibility index (Phi) is 4.76. The molecule has 0 radical (unpaired) electrons. The minimum atomic E-state index is -0.236. The van der Waals surface area contributed by atoms with Gasteiger partial charge in [0.1, 0.15) is 5.69 Å². The van der Waals surface area contributed by atoms with Crippen LogP contribution in [-0.2, 0) is 11.8 Å². The maximum absolute atomic E-state index is 12.2. The summed E-state index contributed by atoms with van der Waals surface area (Å²) in [7, 11) is 3.32. The van der Waals surface area contributed by atoms with Gasteiger partial charge in [-0.15, -0.1) is 0 Å². The van der Waals surface area contributed by atoms with Crippen LogP contribution in [-0.4, -0.2) is 29.4 Å². The van der Waals surface area contributed by atoms with E-state index < -0.39 is 0 Å². The zero-order valence-electron chi connectivity index (χ0n) is 11.3. The van der Waals surface area contributed by atoms with Gasteiger partial charge in [-0.25, -0.2) is 0 Å². The fourth-order valence-corrected chi connectivity index (χ4v) is 2.04. The third-order valence-electron chi connectivity index (χ3n) is 2.96. The normalized spacial score (nSPS) is 12.2. The number of benzene rings is 1. The molecule has 1 aromatic heterocycles. The number of rotatable bonds is 5. The molecule has 1 heterocycles. The maximum Gasteiger partial charge on any atom is 0.270 e.